The molecule has 7 heteroatoms. The Balaban J connectivity index is 0.00000625. The number of nitrogens with zero attached hydrogens (tertiary/aromatic N) is 1. The molecule has 0 aliphatic heterocycles. The number of aliphatic imine (C=N–C) groups is 1. The molecule has 26 heavy (non-hydrogen) atoms. The number of hydrogen-bond acceptors (Lipinski definition) is 3. The molecule has 1 unspecified atom stereocenters. The van der Waals surface area contributed by atoms with Crippen LogP contribution in [0.2, 0.25) is 0 Å². The van der Waals surface area contributed by atoms with Gasteiger partial charge in [-0.25, -0.2) is 0 Å². The molecule has 0 aliphatic carbocycles. The average Bonchev–Trinajstić information content (AvgIpc) is 2.64. The van der Waals surface area contributed by atoms with Crippen molar-refractivity contribution in [3.63, 3.8) is 0 Å². The number of benzene rings is 1. The summed E-state index contributed by atoms with van der Waals surface area (Å²) < 4.78 is 0. The van der Waals surface area contributed by atoms with Crippen molar-refractivity contribution in [2.45, 2.75) is 45.7 Å². The molecule has 1 aromatic carbocycles. The van der Waals surface area contributed by atoms with Gasteiger partial charge in [-0.15, -0.1) is 24.0 Å². The molecular weight excluding hydrogens is 459 g/mol. The van der Waals surface area contributed by atoms with E-state index in [1.165, 1.54) is 12.2 Å². The predicted molar refractivity (Wildman–Crippen MR) is 125 cm³/mol. The Bertz CT molecular complexity index is 554. The molecule has 3 N–H and O–H groups in total. The number of unbranched alkanes of at least 4 members (excludes halogenated alkanes) is 1. The summed E-state index contributed by atoms with van der Waals surface area (Å²) in [5, 5.41) is 9.61. The molecule has 5 nitrogen and oxygen atoms in total. The molecule has 148 valence electrons. The second kappa shape index (κ2) is 15.1. The van der Waals surface area contributed by atoms with Crippen LogP contribution in [0.3, 0.4) is 0 Å². The van der Waals surface area contributed by atoms with Crippen LogP contribution in [0.5, 0.6) is 0 Å². The Labute approximate surface area is 179 Å². The molecule has 1 rings (SSSR count). The van der Waals surface area contributed by atoms with Crippen LogP contribution in [0, 0.1) is 0 Å². The molecule has 1 amide bonds. The first-order valence-electron chi connectivity index (χ1n) is 8.94. The smallest absolute Gasteiger partial charge is 0.251 e. The van der Waals surface area contributed by atoms with Gasteiger partial charge in [-0.3, -0.25) is 9.79 Å². The highest BCUT2D eigenvalue weighted by Gasteiger charge is 2.09. The van der Waals surface area contributed by atoms with Gasteiger partial charge in [0.1, 0.15) is 0 Å². The Morgan fingerprint density at radius 2 is 2.04 bits per heavy atom. The summed E-state index contributed by atoms with van der Waals surface area (Å²) >= 11 is 1.88. The van der Waals surface area contributed by atoms with E-state index in [1.54, 1.807) is 7.05 Å². The lowest BCUT2D eigenvalue weighted by atomic mass is 10.1. The fourth-order valence-electron chi connectivity index (χ4n) is 2.22. The highest BCUT2D eigenvalue weighted by atomic mass is 127. The molecule has 0 aliphatic rings. The third kappa shape index (κ3) is 10.3. The van der Waals surface area contributed by atoms with Crippen LogP contribution < -0.4 is 16.0 Å². The first-order chi connectivity index (χ1) is 12.1. The second-order valence-corrected chi connectivity index (χ2v) is 7.02. The van der Waals surface area contributed by atoms with Crippen molar-refractivity contribution in [1.82, 2.24) is 16.0 Å². The molecule has 0 bridgehead atoms. The molecule has 0 saturated carbocycles. The van der Waals surface area contributed by atoms with Crippen molar-refractivity contribution in [1.29, 1.82) is 0 Å². The maximum Gasteiger partial charge on any atom is 0.251 e. The molecule has 0 fully saturated rings. The number of amides is 1. The van der Waals surface area contributed by atoms with Crippen LogP contribution in [-0.4, -0.2) is 43.5 Å². The van der Waals surface area contributed by atoms with E-state index in [-0.39, 0.29) is 35.9 Å². The topological polar surface area (TPSA) is 65.5 Å². The van der Waals surface area contributed by atoms with Gasteiger partial charge in [-0.05, 0) is 55.9 Å². The summed E-state index contributed by atoms with van der Waals surface area (Å²) in [6.45, 7) is 5.62. The third-order valence-corrected chi connectivity index (χ3v) is 4.63. The minimum Gasteiger partial charge on any atom is -0.356 e. The van der Waals surface area contributed by atoms with Gasteiger partial charge in [0.25, 0.3) is 5.91 Å². The van der Waals surface area contributed by atoms with Crippen LogP contribution in [0.25, 0.3) is 0 Å². The van der Waals surface area contributed by atoms with Crippen LogP contribution >= 0.6 is 35.7 Å². The maximum absolute atomic E-state index is 12.2. The van der Waals surface area contributed by atoms with Crippen molar-refractivity contribution >= 4 is 47.6 Å². The quantitative estimate of drug-likeness (QED) is 0.202. The van der Waals surface area contributed by atoms with Crippen molar-refractivity contribution < 1.29 is 4.79 Å². The molecule has 1 atom stereocenters. The zero-order chi connectivity index (χ0) is 18.5. The van der Waals surface area contributed by atoms with E-state index in [0.29, 0.717) is 12.1 Å². The Morgan fingerprint density at radius 1 is 1.27 bits per heavy atom. The molecule has 0 heterocycles. The van der Waals surface area contributed by atoms with Crippen molar-refractivity contribution in [3.05, 3.63) is 35.4 Å². The SMILES string of the molecule is CCC(C)NC(=O)c1cccc(CNC(=NC)NCCCCSC)c1.I. The molecule has 1 aromatic rings. The van der Waals surface area contributed by atoms with Crippen LogP contribution in [0.15, 0.2) is 29.3 Å². The largest absolute Gasteiger partial charge is 0.356 e. The Hall–Kier alpha value is -0.960. The number of guanidine groups is 1. The summed E-state index contributed by atoms with van der Waals surface area (Å²) in [4.78, 5) is 16.5. The number of thioether (sulfide) groups is 1. The number of carbonyl (C=O) groups is 1. The van der Waals surface area contributed by atoms with E-state index in [0.717, 1.165) is 30.9 Å². The number of carbonyl (C=O) groups excluding carboxylic acids is 1. The van der Waals surface area contributed by atoms with Crippen molar-refractivity contribution in [2.75, 3.05) is 25.6 Å². The molecular formula is C19H33IN4OS. The van der Waals surface area contributed by atoms with E-state index < -0.39 is 0 Å². The average molecular weight is 492 g/mol. The number of rotatable bonds is 10. The van der Waals surface area contributed by atoms with Crippen molar-refractivity contribution in [3.8, 4) is 0 Å². The Kier molecular flexibility index (Phi) is 14.6. The number of hydrogen-bond donors (Lipinski definition) is 3. The van der Waals surface area contributed by atoms with E-state index >= 15 is 0 Å². The van der Waals surface area contributed by atoms with Gasteiger partial charge in [0.15, 0.2) is 5.96 Å². The van der Waals surface area contributed by atoms with Gasteiger partial charge in [-0.2, -0.15) is 11.8 Å². The maximum atomic E-state index is 12.2. The third-order valence-electron chi connectivity index (χ3n) is 3.93. The summed E-state index contributed by atoms with van der Waals surface area (Å²) in [6.07, 6.45) is 5.39. The predicted octanol–water partition coefficient (Wildman–Crippen LogP) is 3.64. The van der Waals surface area contributed by atoms with E-state index in [9.17, 15) is 4.79 Å². The first-order valence-corrected chi connectivity index (χ1v) is 10.3. The van der Waals surface area contributed by atoms with E-state index in [1.807, 2.05) is 43.0 Å². The first kappa shape index (κ1) is 25.0. The van der Waals surface area contributed by atoms with Gasteiger partial charge in [0.05, 0.1) is 0 Å². The monoisotopic (exact) mass is 492 g/mol. The van der Waals surface area contributed by atoms with Gasteiger partial charge in [0, 0.05) is 31.7 Å². The molecule has 0 saturated heterocycles. The van der Waals surface area contributed by atoms with Gasteiger partial charge < -0.3 is 16.0 Å². The zero-order valence-corrected chi connectivity index (χ0v) is 19.4. The fourth-order valence-corrected chi connectivity index (χ4v) is 2.71. The van der Waals surface area contributed by atoms with E-state index in [2.05, 4.69) is 34.1 Å². The lowest BCUT2D eigenvalue weighted by Gasteiger charge is -2.14. The lowest BCUT2D eigenvalue weighted by molar-refractivity contribution is 0.0939. The van der Waals surface area contributed by atoms with Gasteiger partial charge in [0.2, 0.25) is 0 Å². The number of nitrogens with one attached hydrogen (secondary N) is 3. The fraction of sp³-hybridized carbons (Fsp3) is 0.579. The zero-order valence-electron chi connectivity index (χ0n) is 16.3. The summed E-state index contributed by atoms with van der Waals surface area (Å²) in [6, 6.07) is 7.89. The van der Waals surface area contributed by atoms with Crippen LogP contribution in [0.1, 0.15) is 49.0 Å². The van der Waals surface area contributed by atoms with Gasteiger partial charge in [-0.1, -0.05) is 19.1 Å². The summed E-state index contributed by atoms with van der Waals surface area (Å²) in [5.41, 5.74) is 1.75. The summed E-state index contributed by atoms with van der Waals surface area (Å²) in [5.74, 6) is 1.96. The summed E-state index contributed by atoms with van der Waals surface area (Å²) in [7, 11) is 1.77. The second-order valence-electron chi connectivity index (χ2n) is 6.04. The minimum absolute atomic E-state index is 0. The highest BCUT2D eigenvalue weighted by molar-refractivity contribution is 14.0. The lowest BCUT2D eigenvalue weighted by Crippen LogP contribution is -2.37. The Morgan fingerprint density at radius 3 is 2.69 bits per heavy atom. The number of halogens is 1. The molecule has 0 spiro atoms. The standard InChI is InChI=1S/C19H32N4OS.HI/c1-5-15(2)23-18(24)17-10-8-9-16(13-17)14-22-19(20-3)21-11-6-7-12-25-4;/h8-10,13,15H,5-7,11-12,14H2,1-4H3,(H,23,24)(H2,20,21,22);1H. The van der Waals surface area contributed by atoms with Crippen LogP contribution in [-0.2, 0) is 6.54 Å². The van der Waals surface area contributed by atoms with Gasteiger partial charge >= 0.3 is 0 Å². The normalized spacial score (nSPS) is 12.1. The molecule has 0 aromatic heterocycles. The van der Waals surface area contributed by atoms with E-state index in [4.69, 9.17) is 0 Å². The van der Waals surface area contributed by atoms with Crippen molar-refractivity contribution in [2.24, 2.45) is 4.99 Å². The molecule has 0 radical (unpaired) electrons. The minimum atomic E-state index is -0.0208. The highest BCUT2D eigenvalue weighted by Crippen LogP contribution is 2.06. The van der Waals surface area contributed by atoms with Crippen LogP contribution in [0.4, 0.5) is 0 Å².